The van der Waals surface area contributed by atoms with Gasteiger partial charge >= 0.3 is 11.8 Å². The first-order valence-electron chi connectivity index (χ1n) is 10.3. The number of rotatable bonds is 10. The molecule has 0 bridgehead atoms. The van der Waals surface area contributed by atoms with Crippen LogP contribution in [0.5, 0.6) is 0 Å². The number of carbonyl (C=O) groups excluding carboxylic acids is 2. The molecule has 1 aromatic heterocycles. The molecule has 9 heteroatoms. The van der Waals surface area contributed by atoms with Crippen molar-refractivity contribution in [2.45, 2.75) is 19.4 Å². The molecule has 2 heterocycles. The molecule has 0 aromatic carbocycles. The second-order valence-corrected chi connectivity index (χ2v) is 7.55. The lowest BCUT2D eigenvalue weighted by Crippen LogP contribution is -2.44. The molecular formula is C20H35N7O2. The van der Waals surface area contributed by atoms with Crippen LogP contribution in [0.4, 0.5) is 5.82 Å². The van der Waals surface area contributed by atoms with E-state index in [0.29, 0.717) is 19.6 Å². The van der Waals surface area contributed by atoms with Gasteiger partial charge < -0.3 is 31.1 Å². The molecule has 29 heavy (non-hydrogen) atoms. The van der Waals surface area contributed by atoms with Crippen molar-refractivity contribution < 1.29 is 9.59 Å². The zero-order chi connectivity index (χ0) is 21.1. The molecule has 1 aliphatic rings. The maximum atomic E-state index is 12.0. The number of nitrogens with one attached hydrogen (secondary N) is 2. The minimum atomic E-state index is -0.612. The molecular weight excluding hydrogens is 370 g/mol. The molecule has 1 saturated heterocycles. The SMILES string of the molecule is CN(CCCN)CCCNC(=O)C(=O)NCc1ccnc(N2CCN(C)CC2)c1. The van der Waals surface area contributed by atoms with Crippen molar-refractivity contribution in [2.75, 3.05) is 71.4 Å². The van der Waals surface area contributed by atoms with Gasteiger partial charge in [-0.1, -0.05) is 0 Å². The summed E-state index contributed by atoms with van der Waals surface area (Å²) in [6.07, 6.45) is 3.49. The fraction of sp³-hybridized carbons (Fsp3) is 0.650. The Morgan fingerprint density at radius 1 is 1.14 bits per heavy atom. The number of piperazine rings is 1. The van der Waals surface area contributed by atoms with Crippen LogP contribution >= 0.6 is 0 Å². The highest BCUT2D eigenvalue weighted by atomic mass is 16.2. The fourth-order valence-electron chi connectivity index (χ4n) is 3.15. The van der Waals surface area contributed by atoms with E-state index in [1.54, 1.807) is 6.20 Å². The number of hydrogen-bond donors (Lipinski definition) is 3. The van der Waals surface area contributed by atoms with E-state index in [2.05, 4.69) is 37.4 Å². The van der Waals surface area contributed by atoms with Gasteiger partial charge in [-0.25, -0.2) is 4.98 Å². The summed E-state index contributed by atoms with van der Waals surface area (Å²) in [7, 11) is 4.14. The van der Waals surface area contributed by atoms with Crippen LogP contribution in [0.2, 0.25) is 0 Å². The van der Waals surface area contributed by atoms with E-state index in [4.69, 9.17) is 5.73 Å². The van der Waals surface area contributed by atoms with Crippen LogP contribution < -0.4 is 21.3 Å². The van der Waals surface area contributed by atoms with Gasteiger partial charge in [0, 0.05) is 45.5 Å². The highest BCUT2D eigenvalue weighted by Gasteiger charge is 2.16. The summed E-state index contributed by atoms with van der Waals surface area (Å²) >= 11 is 0. The minimum absolute atomic E-state index is 0.303. The van der Waals surface area contributed by atoms with Crippen molar-refractivity contribution >= 4 is 17.6 Å². The molecule has 1 fully saturated rings. The number of aromatic nitrogens is 1. The third-order valence-electron chi connectivity index (χ3n) is 5.04. The van der Waals surface area contributed by atoms with Gasteiger partial charge in [0.05, 0.1) is 0 Å². The van der Waals surface area contributed by atoms with Crippen molar-refractivity contribution in [1.29, 1.82) is 0 Å². The Labute approximate surface area is 173 Å². The van der Waals surface area contributed by atoms with Crippen LogP contribution in [0, 0.1) is 0 Å². The monoisotopic (exact) mass is 405 g/mol. The third kappa shape index (κ3) is 8.35. The highest BCUT2D eigenvalue weighted by Crippen LogP contribution is 2.14. The van der Waals surface area contributed by atoms with Gasteiger partial charge in [0.2, 0.25) is 0 Å². The number of hydrogen-bond acceptors (Lipinski definition) is 7. The van der Waals surface area contributed by atoms with Gasteiger partial charge in [0.25, 0.3) is 0 Å². The maximum absolute atomic E-state index is 12.0. The Hall–Kier alpha value is -2.23. The van der Waals surface area contributed by atoms with Crippen LogP contribution in [0.15, 0.2) is 18.3 Å². The molecule has 0 atom stereocenters. The Kier molecular flexibility index (Phi) is 9.82. The lowest BCUT2D eigenvalue weighted by atomic mass is 10.2. The van der Waals surface area contributed by atoms with Crippen LogP contribution in [0.1, 0.15) is 18.4 Å². The van der Waals surface area contributed by atoms with E-state index < -0.39 is 11.8 Å². The Morgan fingerprint density at radius 3 is 2.55 bits per heavy atom. The molecule has 162 valence electrons. The minimum Gasteiger partial charge on any atom is -0.354 e. The fourth-order valence-corrected chi connectivity index (χ4v) is 3.15. The molecule has 0 aliphatic carbocycles. The molecule has 1 aliphatic heterocycles. The first-order valence-corrected chi connectivity index (χ1v) is 10.3. The van der Waals surface area contributed by atoms with Crippen molar-refractivity contribution in [3.8, 4) is 0 Å². The Morgan fingerprint density at radius 2 is 1.83 bits per heavy atom. The van der Waals surface area contributed by atoms with Gasteiger partial charge in [-0.05, 0) is 64.3 Å². The first-order chi connectivity index (χ1) is 14.0. The Bertz CT molecular complexity index is 647. The molecule has 9 nitrogen and oxygen atoms in total. The quantitative estimate of drug-likeness (QED) is 0.347. The molecule has 4 N–H and O–H groups in total. The average molecular weight is 406 g/mol. The summed E-state index contributed by atoms with van der Waals surface area (Å²) in [5, 5.41) is 5.35. The lowest BCUT2D eigenvalue weighted by Gasteiger charge is -2.33. The normalized spacial score (nSPS) is 14.8. The average Bonchev–Trinajstić information content (AvgIpc) is 2.74. The second kappa shape index (κ2) is 12.4. The highest BCUT2D eigenvalue weighted by molar-refractivity contribution is 6.35. The number of likely N-dealkylation sites (N-methyl/N-ethyl adjacent to an activating group) is 1. The van der Waals surface area contributed by atoms with E-state index in [9.17, 15) is 9.59 Å². The largest absolute Gasteiger partial charge is 0.354 e. The number of carbonyl (C=O) groups is 2. The molecule has 0 unspecified atom stereocenters. The molecule has 2 rings (SSSR count). The number of anilines is 1. The standard InChI is InChI=1S/C20H35N7O2/c1-25(9-3-6-21)10-4-7-23-19(28)20(29)24-16-17-5-8-22-18(15-17)27-13-11-26(2)12-14-27/h5,8,15H,3-4,6-7,9-14,16,21H2,1-2H3,(H,23,28)(H,24,29). The van der Waals surface area contributed by atoms with Crippen LogP contribution in [-0.4, -0.2) is 93.1 Å². The van der Waals surface area contributed by atoms with E-state index in [1.807, 2.05) is 19.2 Å². The summed E-state index contributed by atoms with van der Waals surface area (Å²) in [5.74, 6) is -0.296. The molecule has 0 saturated carbocycles. The molecule has 2 amide bonds. The van der Waals surface area contributed by atoms with Gasteiger partial charge in [0.1, 0.15) is 5.82 Å². The lowest BCUT2D eigenvalue weighted by molar-refractivity contribution is -0.139. The predicted molar refractivity (Wildman–Crippen MR) is 115 cm³/mol. The number of pyridine rings is 1. The molecule has 0 spiro atoms. The maximum Gasteiger partial charge on any atom is 0.309 e. The zero-order valence-corrected chi connectivity index (χ0v) is 17.7. The summed E-state index contributed by atoms with van der Waals surface area (Å²) in [6.45, 7) is 7.12. The summed E-state index contributed by atoms with van der Waals surface area (Å²) in [4.78, 5) is 35.1. The van der Waals surface area contributed by atoms with E-state index in [1.165, 1.54) is 0 Å². The summed E-state index contributed by atoms with van der Waals surface area (Å²) in [5.41, 5.74) is 6.42. The smallest absolute Gasteiger partial charge is 0.309 e. The van der Waals surface area contributed by atoms with E-state index in [0.717, 1.165) is 63.5 Å². The number of amides is 2. The summed E-state index contributed by atoms with van der Waals surface area (Å²) in [6, 6.07) is 3.83. The second-order valence-electron chi connectivity index (χ2n) is 7.55. The van der Waals surface area contributed by atoms with E-state index >= 15 is 0 Å². The zero-order valence-electron chi connectivity index (χ0n) is 17.7. The van der Waals surface area contributed by atoms with Crippen LogP contribution in [0.3, 0.4) is 0 Å². The van der Waals surface area contributed by atoms with E-state index in [-0.39, 0.29) is 0 Å². The van der Waals surface area contributed by atoms with Crippen molar-refractivity contribution in [2.24, 2.45) is 5.73 Å². The van der Waals surface area contributed by atoms with Crippen LogP contribution in [0.25, 0.3) is 0 Å². The number of nitrogens with two attached hydrogens (primary N) is 1. The van der Waals surface area contributed by atoms with Gasteiger partial charge in [-0.3, -0.25) is 9.59 Å². The number of nitrogens with zero attached hydrogens (tertiary/aromatic N) is 4. The predicted octanol–water partition coefficient (Wildman–Crippen LogP) is -0.763. The van der Waals surface area contributed by atoms with Crippen molar-refractivity contribution in [3.05, 3.63) is 23.9 Å². The molecule has 0 radical (unpaired) electrons. The van der Waals surface area contributed by atoms with Gasteiger partial charge in [-0.2, -0.15) is 0 Å². The Balaban J connectivity index is 1.69. The van der Waals surface area contributed by atoms with Crippen molar-refractivity contribution in [1.82, 2.24) is 25.4 Å². The van der Waals surface area contributed by atoms with Crippen LogP contribution in [-0.2, 0) is 16.1 Å². The first kappa shape index (κ1) is 23.1. The topological polar surface area (TPSA) is 107 Å². The third-order valence-corrected chi connectivity index (χ3v) is 5.04. The summed E-state index contributed by atoms with van der Waals surface area (Å²) < 4.78 is 0. The van der Waals surface area contributed by atoms with Gasteiger partial charge in [-0.15, -0.1) is 0 Å². The van der Waals surface area contributed by atoms with Gasteiger partial charge in [0.15, 0.2) is 0 Å². The van der Waals surface area contributed by atoms with Crippen molar-refractivity contribution in [3.63, 3.8) is 0 Å². The molecule has 1 aromatic rings.